The maximum atomic E-state index is 13.3. The first-order valence-corrected chi connectivity index (χ1v) is 11.1. The van der Waals surface area contributed by atoms with Crippen molar-refractivity contribution in [1.82, 2.24) is 14.5 Å². The molecule has 1 aliphatic rings. The molecule has 1 aliphatic heterocycles. The zero-order chi connectivity index (χ0) is 21.3. The summed E-state index contributed by atoms with van der Waals surface area (Å²) >= 11 is 1.30. The van der Waals surface area contributed by atoms with Gasteiger partial charge >= 0.3 is 0 Å². The lowest BCUT2D eigenvalue weighted by Crippen LogP contribution is -2.48. The lowest BCUT2D eigenvalue weighted by atomic mass is 10.2. The number of para-hydroxylation sites is 1. The molecule has 3 aromatic rings. The fourth-order valence-electron chi connectivity index (χ4n) is 3.73. The van der Waals surface area contributed by atoms with Gasteiger partial charge in [-0.15, -0.1) is 0 Å². The van der Waals surface area contributed by atoms with Crippen molar-refractivity contribution < 1.29 is 9.53 Å². The van der Waals surface area contributed by atoms with Crippen LogP contribution in [0.25, 0.3) is 16.6 Å². The van der Waals surface area contributed by atoms with Crippen molar-refractivity contribution in [2.45, 2.75) is 38.1 Å². The van der Waals surface area contributed by atoms with Gasteiger partial charge in [-0.05, 0) is 45.0 Å². The van der Waals surface area contributed by atoms with E-state index in [1.54, 1.807) is 10.6 Å². The molecule has 2 aromatic carbocycles. The van der Waals surface area contributed by atoms with Gasteiger partial charge in [0.15, 0.2) is 5.16 Å². The molecule has 1 fully saturated rings. The van der Waals surface area contributed by atoms with Gasteiger partial charge in [0.25, 0.3) is 5.56 Å². The largest absolute Gasteiger partial charge is 0.372 e. The van der Waals surface area contributed by atoms with Crippen LogP contribution in [0.2, 0.25) is 0 Å². The summed E-state index contributed by atoms with van der Waals surface area (Å²) in [6.07, 6.45) is 0.0412. The zero-order valence-electron chi connectivity index (χ0n) is 17.4. The van der Waals surface area contributed by atoms with Crippen LogP contribution in [0.15, 0.2) is 58.5 Å². The molecule has 2 unspecified atom stereocenters. The molecular formula is C23H25N3O3S. The molecule has 0 radical (unpaired) electrons. The number of aryl methyl sites for hydroxylation is 1. The highest BCUT2D eigenvalue weighted by atomic mass is 32.2. The predicted octanol–water partition coefficient (Wildman–Crippen LogP) is 3.42. The second kappa shape index (κ2) is 8.62. The normalized spacial score (nSPS) is 19.2. The van der Waals surface area contributed by atoms with Crippen molar-refractivity contribution in [3.05, 3.63) is 64.4 Å². The van der Waals surface area contributed by atoms with Crippen LogP contribution in [0.4, 0.5) is 0 Å². The van der Waals surface area contributed by atoms with Gasteiger partial charge in [-0.2, -0.15) is 0 Å². The Balaban J connectivity index is 1.67. The average Bonchev–Trinajstić information content (AvgIpc) is 2.72. The number of aromatic nitrogens is 2. The number of amides is 1. The lowest BCUT2D eigenvalue weighted by Gasteiger charge is -2.35. The van der Waals surface area contributed by atoms with Gasteiger partial charge in [0, 0.05) is 13.1 Å². The van der Waals surface area contributed by atoms with Crippen molar-refractivity contribution in [3.8, 4) is 5.69 Å². The molecule has 30 heavy (non-hydrogen) atoms. The Morgan fingerprint density at radius 2 is 1.77 bits per heavy atom. The summed E-state index contributed by atoms with van der Waals surface area (Å²) < 4.78 is 7.32. The molecule has 1 amide bonds. The van der Waals surface area contributed by atoms with E-state index in [0.717, 1.165) is 11.3 Å². The van der Waals surface area contributed by atoms with Crippen molar-refractivity contribution >= 4 is 28.6 Å². The number of fused-ring (bicyclic) bond motifs is 1. The van der Waals surface area contributed by atoms with Gasteiger partial charge in [0.1, 0.15) is 0 Å². The Morgan fingerprint density at radius 3 is 2.47 bits per heavy atom. The highest BCUT2D eigenvalue weighted by Crippen LogP contribution is 2.23. The number of benzene rings is 2. The topological polar surface area (TPSA) is 64.4 Å². The molecule has 0 spiro atoms. The third-order valence-corrected chi connectivity index (χ3v) is 6.06. The van der Waals surface area contributed by atoms with Crippen molar-refractivity contribution in [1.29, 1.82) is 0 Å². The van der Waals surface area contributed by atoms with Gasteiger partial charge in [0.2, 0.25) is 5.91 Å². The summed E-state index contributed by atoms with van der Waals surface area (Å²) in [7, 11) is 0. The quantitative estimate of drug-likeness (QED) is 0.475. The Kier molecular flexibility index (Phi) is 5.92. The minimum absolute atomic E-state index is 0.0206. The smallest absolute Gasteiger partial charge is 0.266 e. The minimum atomic E-state index is -0.131. The zero-order valence-corrected chi connectivity index (χ0v) is 18.2. The number of hydrogen-bond acceptors (Lipinski definition) is 5. The van der Waals surface area contributed by atoms with E-state index in [4.69, 9.17) is 9.72 Å². The molecule has 7 heteroatoms. The number of morpholine rings is 1. The Labute approximate surface area is 179 Å². The first-order chi connectivity index (χ1) is 14.4. The third-order valence-electron chi connectivity index (χ3n) is 5.13. The highest BCUT2D eigenvalue weighted by Gasteiger charge is 2.26. The molecule has 0 saturated carbocycles. The number of hydrogen-bond donors (Lipinski definition) is 0. The van der Waals surface area contributed by atoms with Crippen LogP contribution in [0.1, 0.15) is 19.4 Å². The van der Waals surface area contributed by atoms with E-state index in [0.29, 0.717) is 29.1 Å². The Hall–Kier alpha value is -2.64. The van der Waals surface area contributed by atoms with Gasteiger partial charge in [-0.1, -0.05) is 41.6 Å². The lowest BCUT2D eigenvalue weighted by molar-refractivity contribution is -0.140. The van der Waals surface area contributed by atoms with Crippen LogP contribution in [0.5, 0.6) is 0 Å². The summed E-state index contributed by atoms with van der Waals surface area (Å²) in [6.45, 7) is 7.12. The summed E-state index contributed by atoms with van der Waals surface area (Å²) in [5.41, 5.74) is 2.36. The monoisotopic (exact) mass is 423 g/mol. The van der Waals surface area contributed by atoms with E-state index >= 15 is 0 Å². The second-order valence-corrected chi connectivity index (χ2v) is 8.67. The Bertz CT molecular complexity index is 1120. The van der Waals surface area contributed by atoms with E-state index in [9.17, 15) is 9.59 Å². The highest BCUT2D eigenvalue weighted by molar-refractivity contribution is 7.99. The summed E-state index contributed by atoms with van der Waals surface area (Å²) in [6, 6.07) is 15.1. The van der Waals surface area contributed by atoms with Crippen LogP contribution >= 0.6 is 11.8 Å². The molecule has 0 N–H and O–H groups in total. The van der Waals surface area contributed by atoms with Crippen LogP contribution in [0, 0.1) is 6.92 Å². The average molecular weight is 424 g/mol. The standard InChI is InChI=1S/C23H25N3O3S/c1-15-8-10-18(11-9-15)26-22(28)19-6-4-5-7-20(19)24-23(26)30-14-21(27)25-12-16(2)29-17(3)13-25/h4-11,16-17H,12-14H2,1-3H3. The molecular weight excluding hydrogens is 398 g/mol. The SMILES string of the molecule is Cc1ccc(-n2c(SCC(=O)N3CC(C)OC(C)C3)nc3ccccc3c2=O)cc1. The van der Waals surface area contributed by atoms with Gasteiger partial charge in [-0.3, -0.25) is 14.2 Å². The molecule has 156 valence electrons. The number of carbonyl (C=O) groups is 1. The number of ether oxygens (including phenoxy) is 1. The van der Waals surface area contributed by atoms with Crippen LogP contribution in [-0.2, 0) is 9.53 Å². The van der Waals surface area contributed by atoms with E-state index < -0.39 is 0 Å². The van der Waals surface area contributed by atoms with E-state index in [1.165, 1.54) is 11.8 Å². The molecule has 0 bridgehead atoms. The first-order valence-electron chi connectivity index (χ1n) is 10.1. The fourth-order valence-corrected chi connectivity index (χ4v) is 4.65. The molecule has 4 rings (SSSR count). The Morgan fingerprint density at radius 1 is 1.10 bits per heavy atom. The van der Waals surface area contributed by atoms with Crippen molar-refractivity contribution in [2.75, 3.05) is 18.8 Å². The van der Waals surface area contributed by atoms with Crippen molar-refractivity contribution in [3.63, 3.8) is 0 Å². The van der Waals surface area contributed by atoms with E-state index in [1.807, 2.05) is 68.1 Å². The summed E-state index contributed by atoms with van der Waals surface area (Å²) in [5.74, 6) is 0.246. The second-order valence-electron chi connectivity index (χ2n) is 7.73. The molecule has 0 aliphatic carbocycles. The van der Waals surface area contributed by atoms with Crippen LogP contribution in [-0.4, -0.2) is 51.4 Å². The molecule has 2 heterocycles. The molecule has 2 atom stereocenters. The fraction of sp³-hybridized carbons (Fsp3) is 0.348. The minimum Gasteiger partial charge on any atom is -0.372 e. The van der Waals surface area contributed by atoms with Gasteiger partial charge < -0.3 is 9.64 Å². The van der Waals surface area contributed by atoms with Crippen molar-refractivity contribution in [2.24, 2.45) is 0 Å². The third kappa shape index (κ3) is 4.27. The molecule has 6 nitrogen and oxygen atoms in total. The van der Waals surface area contributed by atoms with E-state index in [2.05, 4.69) is 0 Å². The van der Waals surface area contributed by atoms with Gasteiger partial charge in [-0.25, -0.2) is 4.98 Å². The molecule has 1 aromatic heterocycles. The maximum absolute atomic E-state index is 13.3. The predicted molar refractivity (Wildman–Crippen MR) is 119 cm³/mol. The number of thioether (sulfide) groups is 1. The van der Waals surface area contributed by atoms with E-state index in [-0.39, 0.29) is 29.4 Å². The number of rotatable bonds is 4. The van der Waals surface area contributed by atoms with Crippen LogP contribution in [0.3, 0.4) is 0 Å². The number of nitrogens with zero attached hydrogens (tertiary/aromatic N) is 3. The first kappa shape index (κ1) is 20.6. The van der Waals surface area contributed by atoms with Gasteiger partial charge in [0.05, 0.1) is 34.6 Å². The summed E-state index contributed by atoms with van der Waals surface area (Å²) in [5, 5.41) is 1.08. The maximum Gasteiger partial charge on any atom is 0.266 e. The van der Waals surface area contributed by atoms with Crippen LogP contribution < -0.4 is 5.56 Å². The molecule has 1 saturated heterocycles. The number of carbonyl (C=O) groups excluding carboxylic acids is 1. The summed E-state index contributed by atoms with van der Waals surface area (Å²) in [4.78, 5) is 32.6.